The molecule has 1 saturated heterocycles. The lowest BCUT2D eigenvalue weighted by atomic mass is 9.96. The van der Waals surface area contributed by atoms with Crippen LogP contribution in [-0.2, 0) is 9.59 Å². The molecule has 0 bridgehead atoms. The highest BCUT2D eigenvalue weighted by Gasteiger charge is 2.21. The van der Waals surface area contributed by atoms with Gasteiger partial charge < -0.3 is 4.74 Å². The summed E-state index contributed by atoms with van der Waals surface area (Å²) in [5.74, 6) is 2.37. The number of hydrazine groups is 1. The lowest BCUT2D eigenvalue weighted by molar-refractivity contribution is -0.134. The highest BCUT2D eigenvalue weighted by Crippen LogP contribution is 2.45. The first-order chi connectivity index (χ1) is 10.9. The molecule has 2 amide bonds. The third kappa shape index (κ3) is 5.66. The Morgan fingerprint density at radius 3 is 2.30 bits per heavy atom. The number of ether oxygens (including phenoxy) is 1. The van der Waals surface area contributed by atoms with Crippen LogP contribution in [-0.4, -0.2) is 29.9 Å². The number of amides is 2. The Labute approximate surface area is 145 Å². The van der Waals surface area contributed by atoms with Crippen molar-refractivity contribution in [2.24, 2.45) is 5.41 Å². The summed E-state index contributed by atoms with van der Waals surface area (Å²) in [6, 6.07) is 7.81. The van der Waals surface area contributed by atoms with Crippen LogP contribution in [0.15, 0.2) is 24.3 Å². The summed E-state index contributed by atoms with van der Waals surface area (Å²) in [6.07, 6.45) is 0. The first kappa shape index (κ1) is 18.0. The summed E-state index contributed by atoms with van der Waals surface area (Å²) in [5.41, 5.74) is 5.44. The molecule has 0 atom stereocenters. The number of carbonyl (C=O) groups excluding carboxylic acids is 2. The maximum Gasteiger partial charge on any atom is 0.276 e. The molecule has 0 spiro atoms. The highest BCUT2D eigenvalue weighted by atomic mass is 32.2. The van der Waals surface area contributed by atoms with Gasteiger partial charge in [0.15, 0.2) is 6.61 Å². The smallest absolute Gasteiger partial charge is 0.276 e. The van der Waals surface area contributed by atoms with Gasteiger partial charge in [-0.05, 0) is 17.7 Å². The molecule has 0 radical (unpaired) electrons. The number of hydrogen-bond acceptors (Lipinski definition) is 5. The fourth-order valence-corrected chi connectivity index (χ4v) is 4.63. The predicted molar refractivity (Wildman–Crippen MR) is 95.3 cm³/mol. The Balaban J connectivity index is 1.74. The fraction of sp³-hybridized carbons (Fsp3) is 0.500. The van der Waals surface area contributed by atoms with Gasteiger partial charge in [-0.3, -0.25) is 20.4 Å². The van der Waals surface area contributed by atoms with Crippen molar-refractivity contribution in [3.63, 3.8) is 0 Å². The van der Waals surface area contributed by atoms with E-state index in [0.29, 0.717) is 10.3 Å². The number of nitrogens with one attached hydrogen (secondary N) is 2. The van der Waals surface area contributed by atoms with Crippen molar-refractivity contribution in [1.82, 2.24) is 10.9 Å². The van der Waals surface area contributed by atoms with Gasteiger partial charge in [0.2, 0.25) is 5.91 Å². The van der Waals surface area contributed by atoms with E-state index in [9.17, 15) is 9.59 Å². The first-order valence-electron chi connectivity index (χ1n) is 7.41. The molecule has 2 rings (SSSR count). The molecule has 2 N–H and O–H groups in total. The summed E-state index contributed by atoms with van der Waals surface area (Å²) in [4.78, 5) is 23.3. The van der Waals surface area contributed by atoms with Crippen molar-refractivity contribution >= 4 is 35.3 Å². The van der Waals surface area contributed by atoms with E-state index >= 15 is 0 Å². The average Bonchev–Trinajstić information content (AvgIpc) is 3.04. The van der Waals surface area contributed by atoms with Crippen LogP contribution in [0.3, 0.4) is 0 Å². The van der Waals surface area contributed by atoms with Crippen LogP contribution < -0.4 is 15.6 Å². The molecule has 126 valence electrons. The van der Waals surface area contributed by atoms with Crippen LogP contribution in [0.2, 0.25) is 0 Å². The number of rotatable bonds is 4. The van der Waals surface area contributed by atoms with Crippen LogP contribution in [0.5, 0.6) is 5.75 Å². The van der Waals surface area contributed by atoms with Gasteiger partial charge in [0.25, 0.3) is 5.91 Å². The quantitative estimate of drug-likeness (QED) is 0.814. The maximum absolute atomic E-state index is 11.7. The number of benzene rings is 1. The topological polar surface area (TPSA) is 67.4 Å². The van der Waals surface area contributed by atoms with E-state index in [1.54, 1.807) is 20.8 Å². The van der Waals surface area contributed by atoms with Crippen LogP contribution in [0.25, 0.3) is 0 Å². The van der Waals surface area contributed by atoms with Gasteiger partial charge in [0, 0.05) is 16.9 Å². The van der Waals surface area contributed by atoms with Crippen LogP contribution in [0.4, 0.5) is 0 Å². The normalized spacial score (nSPS) is 15.3. The minimum Gasteiger partial charge on any atom is -0.484 e. The number of thioether (sulfide) groups is 2. The van der Waals surface area contributed by atoms with Crippen molar-refractivity contribution in [2.45, 2.75) is 25.4 Å². The average molecular weight is 354 g/mol. The predicted octanol–water partition coefficient (Wildman–Crippen LogP) is 2.74. The second-order valence-corrected chi connectivity index (χ2v) is 8.91. The summed E-state index contributed by atoms with van der Waals surface area (Å²) in [5, 5.41) is 0. The van der Waals surface area contributed by atoms with E-state index in [4.69, 9.17) is 4.74 Å². The summed E-state index contributed by atoms with van der Waals surface area (Å²) in [7, 11) is 0. The monoisotopic (exact) mass is 354 g/mol. The molecular weight excluding hydrogens is 332 g/mol. The van der Waals surface area contributed by atoms with E-state index in [0.717, 1.165) is 0 Å². The SMILES string of the molecule is CC(C)(C)C(=O)NNC(=O)COc1ccc(C2SCCS2)cc1. The fourth-order valence-electron chi connectivity index (χ4n) is 1.77. The molecule has 1 heterocycles. The van der Waals surface area contributed by atoms with Crippen LogP contribution in [0.1, 0.15) is 30.9 Å². The zero-order valence-corrected chi connectivity index (χ0v) is 15.2. The third-order valence-electron chi connectivity index (χ3n) is 3.14. The Hall–Kier alpha value is -1.34. The molecule has 0 aliphatic carbocycles. The van der Waals surface area contributed by atoms with E-state index in [1.807, 2.05) is 47.8 Å². The summed E-state index contributed by atoms with van der Waals surface area (Å²) in [6.45, 7) is 5.17. The molecule has 7 heteroatoms. The molecule has 1 fully saturated rings. The Morgan fingerprint density at radius 2 is 1.74 bits per heavy atom. The highest BCUT2D eigenvalue weighted by molar-refractivity contribution is 8.19. The minimum atomic E-state index is -0.555. The Morgan fingerprint density at radius 1 is 1.13 bits per heavy atom. The maximum atomic E-state index is 11.7. The van der Waals surface area contributed by atoms with Gasteiger partial charge in [0.05, 0.1) is 4.58 Å². The summed E-state index contributed by atoms with van der Waals surface area (Å²) < 4.78 is 5.93. The molecule has 1 aliphatic rings. The molecule has 1 aromatic carbocycles. The first-order valence-corrected chi connectivity index (χ1v) is 9.51. The molecule has 1 aliphatic heterocycles. The lowest BCUT2D eigenvalue weighted by Gasteiger charge is -2.18. The van der Waals surface area contributed by atoms with Gasteiger partial charge in [0.1, 0.15) is 5.75 Å². The second-order valence-electron chi connectivity index (χ2n) is 6.18. The van der Waals surface area contributed by atoms with E-state index in [1.165, 1.54) is 17.1 Å². The minimum absolute atomic E-state index is 0.142. The lowest BCUT2D eigenvalue weighted by Crippen LogP contribution is -2.48. The van der Waals surface area contributed by atoms with Crippen molar-refractivity contribution in [1.29, 1.82) is 0 Å². The molecular formula is C16H22N2O3S2. The van der Waals surface area contributed by atoms with Gasteiger partial charge in [-0.15, -0.1) is 23.5 Å². The van der Waals surface area contributed by atoms with E-state index < -0.39 is 11.3 Å². The standard InChI is InChI=1S/C16H22N2O3S2/c1-16(2,3)15(20)18-17-13(19)10-21-12-6-4-11(5-7-12)14-22-8-9-23-14/h4-7,14H,8-10H2,1-3H3,(H,17,19)(H,18,20). The molecule has 23 heavy (non-hydrogen) atoms. The van der Waals surface area contributed by atoms with Crippen molar-refractivity contribution in [2.75, 3.05) is 18.1 Å². The van der Waals surface area contributed by atoms with Crippen molar-refractivity contribution < 1.29 is 14.3 Å². The van der Waals surface area contributed by atoms with Gasteiger partial charge in [-0.25, -0.2) is 0 Å². The molecule has 1 aromatic rings. The molecule has 0 saturated carbocycles. The Kier molecular flexibility index (Phi) is 6.24. The van der Waals surface area contributed by atoms with Crippen LogP contribution in [0, 0.1) is 5.41 Å². The van der Waals surface area contributed by atoms with Crippen molar-refractivity contribution in [3.8, 4) is 5.75 Å². The number of hydrogen-bond donors (Lipinski definition) is 2. The van der Waals surface area contributed by atoms with Gasteiger partial charge in [-0.2, -0.15) is 0 Å². The Bertz CT molecular complexity index is 549. The summed E-state index contributed by atoms with van der Waals surface area (Å²) >= 11 is 3.90. The van der Waals surface area contributed by atoms with Gasteiger partial charge in [-0.1, -0.05) is 32.9 Å². The molecule has 0 unspecified atom stereocenters. The van der Waals surface area contributed by atoms with E-state index in [2.05, 4.69) is 10.9 Å². The largest absolute Gasteiger partial charge is 0.484 e. The zero-order chi connectivity index (χ0) is 16.9. The van der Waals surface area contributed by atoms with Crippen LogP contribution >= 0.6 is 23.5 Å². The third-order valence-corrected chi connectivity index (χ3v) is 6.25. The number of carbonyl (C=O) groups is 2. The van der Waals surface area contributed by atoms with Gasteiger partial charge >= 0.3 is 0 Å². The molecule has 0 aromatic heterocycles. The zero-order valence-electron chi connectivity index (χ0n) is 13.5. The van der Waals surface area contributed by atoms with E-state index in [-0.39, 0.29) is 12.5 Å². The van der Waals surface area contributed by atoms with Crippen molar-refractivity contribution in [3.05, 3.63) is 29.8 Å². The molecule has 5 nitrogen and oxygen atoms in total. The second kappa shape index (κ2) is 7.97.